The minimum Gasteiger partial charge on any atom is -0.460 e. The average molecular weight is 268 g/mol. The maximum atomic E-state index is 11.6. The van der Waals surface area contributed by atoms with Crippen LogP contribution in [0.3, 0.4) is 0 Å². The van der Waals surface area contributed by atoms with Crippen molar-refractivity contribution in [1.29, 1.82) is 0 Å². The number of benzene rings is 1. The van der Waals surface area contributed by atoms with Crippen LogP contribution in [0, 0.1) is 0 Å². The van der Waals surface area contributed by atoms with Crippen molar-refractivity contribution in [2.75, 3.05) is 6.61 Å². The van der Waals surface area contributed by atoms with Crippen molar-refractivity contribution < 1.29 is 9.53 Å². The highest BCUT2D eigenvalue weighted by Crippen LogP contribution is 2.23. The number of H-pyrrole nitrogens is 1. The summed E-state index contributed by atoms with van der Waals surface area (Å²) in [5.74, 6) is -0.0621. The zero-order chi connectivity index (χ0) is 13.9. The maximum absolute atomic E-state index is 11.6. The molecule has 2 aromatic heterocycles. The Morgan fingerprint density at radius 1 is 1.30 bits per heavy atom. The van der Waals surface area contributed by atoms with Crippen molar-refractivity contribution in [3.05, 3.63) is 42.4 Å². The fourth-order valence-electron chi connectivity index (χ4n) is 1.96. The fraction of sp³-hybridized carbons (Fsp3) is 0.143. The summed E-state index contributed by atoms with van der Waals surface area (Å²) in [6.45, 7) is 2.03. The molecule has 20 heavy (non-hydrogen) atoms. The highest BCUT2D eigenvalue weighted by molar-refractivity contribution is 5.93. The van der Waals surface area contributed by atoms with E-state index < -0.39 is 5.97 Å². The number of hydrogen-bond donors (Lipinski definition) is 1. The molecule has 100 valence electrons. The lowest BCUT2D eigenvalue weighted by atomic mass is 10.1. The Bertz CT molecular complexity index is 761. The van der Waals surface area contributed by atoms with E-state index in [4.69, 9.17) is 4.74 Å². The lowest BCUT2D eigenvalue weighted by Gasteiger charge is -2.01. The Morgan fingerprint density at radius 2 is 2.15 bits per heavy atom. The van der Waals surface area contributed by atoms with Crippen molar-refractivity contribution in [2.24, 2.45) is 0 Å². The van der Waals surface area contributed by atoms with Crippen molar-refractivity contribution in [1.82, 2.24) is 20.2 Å². The van der Waals surface area contributed by atoms with Crippen LogP contribution in [0.15, 0.2) is 36.5 Å². The van der Waals surface area contributed by atoms with Crippen LogP contribution < -0.4 is 0 Å². The molecular weight excluding hydrogens is 256 g/mol. The van der Waals surface area contributed by atoms with Gasteiger partial charge in [-0.2, -0.15) is 10.1 Å². The number of aromatic amines is 1. The number of nitrogens with zero attached hydrogens (tertiary/aromatic N) is 3. The Kier molecular flexibility index (Phi) is 3.12. The zero-order valence-corrected chi connectivity index (χ0v) is 10.8. The molecule has 0 spiro atoms. The highest BCUT2D eigenvalue weighted by atomic mass is 16.5. The van der Waals surface area contributed by atoms with Crippen molar-refractivity contribution in [3.63, 3.8) is 0 Å². The summed E-state index contributed by atoms with van der Waals surface area (Å²) in [7, 11) is 0. The number of rotatable bonds is 3. The first kappa shape index (κ1) is 12.3. The molecule has 0 radical (unpaired) electrons. The van der Waals surface area contributed by atoms with Gasteiger partial charge in [0.25, 0.3) is 0 Å². The third kappa shape index (κ3) is 2.11. The molecule has 0 aliphatic heterocycles. The Labute approximate surface area is 114 Å². The maximum Gasteiger partial charge on any atom is 0.375 e. The quantitative estimate of drug-likeness (QED) is 0.736. The van der Waals surface area contributed by atoms with Gasteiger partial charge in [-0.25, -0.2) is 4.79 Å². The molecule has 0 atom stereocenters. The monoisotopic (exact) mass is 268 g/mol. The summed E-state index contributed by atoms with van der Waals surface area (Å²) >= 11 is 0. The van der Waals surface area contributed by atoms with Crippen LogP contribution in [-0.4, -0.2) is 32.7 Å². The second-order valence-electron chi connectivity index (χ2n) is 4.11. The molecule has 0 saturated heterocycles. The van der Waals surface area contributed by atoms with Crippen LogP contribution in [-0.2, 0) is 4.74 Å². The van der Waals surface area contributed by atoms with E-state index in [2.05, 4.69) is 20.2 Å². The third-order valence-corrected chi connectivity index (χ3v) is 2.84. The van der Waals surface area contributed by atoms with Gasteiger partial charge in [0.2, 0.25) is 11.6 Å². The Balaban J connectivity index is 2.06. The van der Waals surface area contributed by atoms with Crippen LogP contribution in [0.25, 0.3) is 22.3 Å². The number of hydrogen-bond acceptors (Lipinski definition) is 5. The number of pyridine rings is 1. The van der Waals surface area contributed by atoms with Gasteiger partial charge < -0.3 is 4.74 Å². The fourth-order valence-corrected chi connectivity index (χ4v) is 1.96. The first-order valence-electron chi connectivity index (χ1n) is 6.23. The molecule has 0 fully saturated rings. The lowest BCUT2D eigenvalue weighted by Crippen LogP contribution is -2.06. The van der Waals surface area contributed by atoms with Crippen LogP contribution >= 0.6 is 0 Å². The molecule has 6 heteroatoms. The van der Waals surface area contributed by atoms with Crippen LogP contribution in [0.4, 0.5) is 0 Å². The summed E-state index contributed by atoms with van der Waals surface area (Å²) in [6, 6.07) is 9.72. The van der Waals surface area contributed by atoms with Crippen LogP contribution in [0.2, 0.25) is 0 Å². The van der Waals surface area contributed by atoms with E-state index in [0.717, 1.165) is 10.8 Å². The Morgan fingerprint density at radius 3 is 3.00 bits per heavy atom. The molecule has 0 saturated carbocycles. The number of esters is 1. The molecular formula is C14H12N4O2. The van der Waals surface area contributed by atoms with E-state index >= 15 is 0 Å². The van der Waals surface area contributed by atoms with Crippen molar-refractivity contribution in [2.45, 2.75) is 6.92 Å². The van der Waals surface area contributed by atoms with E-state index in [-0.39, 0.29) is 5.82 Å². The number of carbonyl (C=O) groups excluding carboxylic acids is 1. The predicted molar refractivity (Wildman–Crippen MR) is 73.1 cm³/mol. The van der Waals surface area contributed by atoms with Gasteiger partial charge in [0.15, 0.2) is 0 Å². The topological polar surface area (TPSA) is 80.8 Å². The smallest absolute Gasteiger partial charge is 0.375 e. The number of fused-ring (bicyclic) bond motifs is 1. The molecule has 2 heterocycles. The third-order valence-electron chi connectivity index (χ3n) is 2.84. The van der Waals surface area contributed by atoms with Gasteiger partial charge in [0, 0.05) is 11.6 Å². The van der Waals surface area contributed by atoms with Gasteiger partial charge in [-0.15, -0.1) is 0 Å². The van der Waals surface area contributed by atoms with Crippen molar-refractivity contribution >= 4 is 16.7 Å². The summed E-state index contributed by atoms with van der Waals surface area (Å²) in [5, 5.41) is 8.59. The number of aromatic nitrogens is 4. The standard InChI is InChI=1S/C14H12N4O2/c1-2-20-14(19)13-16-12(17-18-13)11-10-6-4-3-5-9(10)7-8-15-11/h3-8H,2H2,1H3,(H,16,17,18). The molecule has 3 rings (SSSR count). The Hall–Kier alpha value is -2.76. The first-order chi connectivity index (χ1) is 9.79. The molecule has 3 aromatic rings. The largest absolute Gasteiger partial charge is 0.460 e. The van der Waals surface area contributed by atoms with Gasteiger partial charge in [-0.3, -0.25) is 10.1 Å². The lowest BCUT2D eigenvalue weighted by molar-refractivity contribution is 0.0512. The van der Waals surface area contributed by atoms with E-state index in [1.165, 1.54) is 0 Å². The summed E-state index contributed by atoms with van der Waals surface area (Å²) in [6.07, 6.45) is 1.69. The summed E-state index contributed by atoms with van der Waals surface area (Å²) < 4.78 is 4.87. The molecule has 0 bridgehead atoms. The molecule has 0 unspecified atom stereocenters. The highest BCUT2D eigenvalue weighted by Gasteiger charge is 2.15. The summed E-state index contributed by atoms with van der Waals surface area (Å²) in [5.41, 5.74) is 0.634. The molecule has 6 nitrogen and oxygen atoms in total. The second kappa shape index (κ2) is 5.08. The SMILES string of the molecule is CCOC(=O)c1nc(-c2nccc3ccccc23)n[nH]1. The molecule has 1 aromatic carbocycles. The van der Waals surface area contributed by atoms with Crippen LogP contribution in [0.5, 0.6) is 0 Å². The predicted octanol–water partition coefficient (Wildman–Crippen LogP) is 2.20. The number of ether oxygens (including phenoxy) is 1. The normalized spacial score (nSPS) is 10.7. The summed E-state index contributed by atoms with van der Waals surface area (Å²) in [4.78, 5) is 20.0. The minimum absolute atomic E-state index is 0.0802. The van der Waals surface area contributed by atoms with E-state index in [1.807, 2.05) is 30.3 Å². The molecule has 0 aliphatic rings. The molecule has 0 amide bonds. The van der Waals surface area contributed by atoms with Gasteiger partial charge >= 0.3 is 5.97 Å². The minimum atomic E-state index is -0.522. The van der Waals surface area contributed by atoms with Gasteiger partial charge in [-0.1, -0.05) is 24.3 Å². The average Bonchev–Trinajstić information content (AvgIpc) is 2.97. The van der Waals surface area contributed by atoms with Gasteiger partial charge in [-0.05, 0) is 18.4 Å². The van der Waals surface area contributed by atoms with E-state index in [1.54, 1.807) is 13.1 Å². The first-order valence-corrected chi connectivity index (χ1v) is 6.23. The molecule has 0 aliphatic carbocycles. The van der Waals surface area contributed by atoms with Gasteiger partial charge in [0.05, 0.1) is 6.61 Å². The number of carbonyl (C=O) groups is 1. The van der Waals surface area contributed by atoms with E-state index in [9.17, 15) is 4.79 Å². The second-order valence-corrected chi connectivity index (χ2v) is 4.11. The zero-order valence-electron chi connectivity index (χ0n) is 10.8. The van der Waals surface area contributed by atoms with E-state index in [0.29, 0.717) is 18.1 Å². The van der Waals surface area contributed by atoms with Crippen molar-refractivity contribution in [3.8, 4) is 11.5 Å². The van der Waals surface area contributed by atoms with Gasteiger partial charge in [0.1, 0.15) is 5.69 Å². The molecule has 1 N–H and O–H groups in total. The number of nitrogens with one attached hydrogen (secondary N) is 1. The van der Waals surface area contributed by atoms with Crippen LogP contribution in [0.1, 0.15) is 17.5 Å².